The van der Waals surface area contributed by atoms with Gasteiger partial charge in [-0.25, -0.2) is 0 Å². The maximum atomic E-state index is 13.1. The summed E-state index contributed by atoms with van der Waals surface area (Å²) in [7, 11) is 0. The van der Waals surface area contributed by atoms with Crippen LogP contribution in [-0.2, 0) is 10.9 Å². The molecule has 0 unspecified atom stereocenters. The van der Waals surface area contributed by atoms with Gasteiger partial charge in [0.15, 0.2) is 0 Å². The van der Waals surface area contributed by atoms with Crippen molar-refractivity contribution in [2.45, 2.75) is 31.7 Å². The van der Waals surface area contributed by atoms with E-state index in [-0.39, 0.29) is 28.7 Å². The third-order valence-electron chi connectivity index (χ3n) is 4.75. The molecule has 3 N–H and O–H groups in total. The second kappa shape index (κ2) is 8.80. The number of anilines is 1. The average molecular weight is 439 g/mol. The summed E-state index contributed by atoms with van der Waals surface area (Å²) in [6.45, 7) is 2.35. The fourth-order valence-electron chi connectivity index (χ4n) is 3.18. The number of nitrogens with zero attached hydrogens (tertiary/aromatic N) is 1. The lowest BCUT2D eigenvalue weighted by molar-refractivity contribution is -0.385. The summed E-state index contributed by atoms with van der Waals surface area (Å²) < 4.78 is 50.1. The molecular weight excluding hydrogens is 419 g/mol. The van der Waals surface area contributed by atoms with Gasteiger partial charge in [-0.1, -0.05) is 0 Å². The fraction of sp³-hybridized carbons (Fsp3) is 0.350. The first-order valence-corrected chi connectivity index (χ1v) is 9.36. The van der Waals surface area contributed by atoms with E-state index in [0.717, 1.165) is 18.2 Å². The van der Waals surface area contributed by atoms with Crippen LogP contribution >= 0.6 is 0 Å². The Morgan fingerprint density at radius 1 is 1.32 bits per heavy atom. The summed E-state index contributed by atoms with van der Waals surface area (Å²) >= 11 is 0. The van der Waals surface area contributed by atoms with Crippen LogP contribution in [-0.4, -0.2) is 30.1 Å². The molecule has 0 bridgehead atoms. The third-order valence-corrected chi connectivity index (χ3v) is 4.75. The zero-order valence-electron chi connectivity index (χ0n) is 16.4. The summed E-state index contributed by atoms with van der Waals surface area (Å²) in [6.07, 6.45) is -4.20. The van der Waals surface area contributed by atoms with Crippen molar-refractivity contribution in [1.82, 2.24) is 5.32 Å². The molecule has 0 radical (unpaired) electrons. The second-order valence-electron chi connectivity index (χ2n) is 7.12. The largest absolute Gasteiger partial charge is 0.488 e. The quantitative estimate of drug-likeness (QED) is 0.401. The highest BCUT2D eigenvalue weighted by atomic mass is 19.4. The second-order valence-corrected chi connectivity index (χ2v) is 7.12. The van der Waals surface area contributed by atoms with Gasteiger partial charge in [0.05, 0.1) is 29.7 Å². The zero-order valence-corrected chi connectivity index (χ0v) is 16.4. The molecule has 31 heavy (non-hydrogen) atoms. The molecule has 3 rings (SSSR count). The molecule has 1 aliphatic rings. The number of nitrogens with two attached hydrogens (primary N) is 1. The smallest absolute Gasteiger partial charge is 0.416 e. The highest BCUT2D eigenvalue weighted by Gasteiger charge is 2.32. The van der Waals surface area contributed by atoms with E-state index in [1.807, 2.05) is 0 Å². The molecule has 166 valence electrons. The number of nitro groups is 1. The highest BCUT2D eigenvalue weighted by Crippen LogP contribution is 2.33. The molecule has 0 aliphatic carbocycles. The highest BCUT2D eigenvalue weighted by molar-refractivity contribution is 5.98. The molecular formula is C20H20F3N3O5. The Labute approximate surface area is 175 Å². The van der Waals surface area contributed by atoms with Crippen molar-refractivity contribution in [1.29, 1.82) is 0 Å². The molecule has 1 fully saturated rings. The average Bonchev–Trinajstić information content (AvgIpc) is 3.19. The number of carbonyl (C=O) groups excluding carboxylic acids is 1. The summed E-state index contributed by atoms with van der Waals surface area (Å²) in [5.74, 6) is -0.578. The number of nitrogen functional groups attached to an aromatic ring is 1. The van der Waals surface area contributed by atoms with E-state index in [9.17, 15) is 28.1 Å². The molecule has 2 aromatic rings. The van der Waals surface area contributed by atoms with Gasteiger partial charge in [0.25, 0.3) is 11.6 Å². The first-order valence-electron chi connectivity index (χ1n) is 9.36. The molecule has 0 saturated carbocycles. The minimum atomic E-state index is -4.61. The summed E-state index contributed by atoms with van der Waals surface area (Å²) in [5, 5.41) is 13.8. The lowest BCUT2D eigenvalue weighted by Crippen LogP contribution is -2.28. The maximum absolute atomic E-state index is 13.1. The number of hydrogen-bond acceptors (Lipinski definition) is 6. The van der Waals surface area contributed by atoms with Crippen LogP contribution in [0, 0.1) is 10.1 Å². The number of nitrogens with one attached hydrogen (secondary N) is 1. The van der Waals surface area contributed by atoms with Gasteiger partial charge in [0, 0.05) is 18.2 Å². The number of ether oxygens (including phenoxy) is 2. The Kier molecular flexibility index (Phi) is 6.34. The molecule has 2 aromatic carbocycles. The van der Waals surface area contributed by atoms with E-state index >= 15 is 0 Å². The Balaban J connectivity index is 1.84. The van der Waals surface area contributed by atoms with E-state index < -0.39 is 34.3 Å². The van der Waals surface area contributed by atoms with Crippen molar-refractivity contribution in [3.05, 3.63) is 63.2 Å². The number of alkyl halides is 3. The fourth-order valence-corrected chi connectivity index (χ4v) is 3.18. The maximum Gasteiger partial charge on any atom is 0.416 e. The Morgan fingerprint density at radius 3 is 2.68 bits per heavy atom. The van der Waals surface area contributed by atoms with E-state index in [4.69, 9.17) is 15.2 Å². The van der Waals surface area contributed by atoms with Crippen molar-refractivity contribution in [3.8, 4) is 5.75 Å². The minimum Gasteiger partial charge on any atom is -0.488 e. The van der Waals surface area contributed by atoms with Gasteiger partial charge in [0.2, 0.25) is 0 Å². The van der Waals surface area contributed by atoms with Crippen LogP contribution in [0.3, 0.4) is 0 Å². The molecule has 0 aromatic heterocycles. The van der Waals surface area contributed by atoms with Gasteiger partial charge >= 0.3 is 6.18 Å². The van der Waals surface area contributed by atoms with E-state index in [1.165, 1.54) is 25.1 Å². The van der Waals surface area contributed by atoms with Crippen molar-refractivity contribution in [2.75, 3.05) is 18.9 Å². The summed E-state index contributed by atoms with van der Waals surface area (Å²) in [5.41, 5.74) is 3.88. The van der Waals surface area contributed by atoms with Crippen molar-refractivity contribution in [2.24, 2.45) is 0 Å². The van der Waals surface area contributed by atoms with Crippen LogP contribution < -0.4 is 15.8 Å². The number of benzene rings is 2. The Morgan fingerprint density at radius 2 is 2.06 bits per heavy atom. The first kappa shape index (κ1) is 22.3. The van der Waals surface area contributed by atoms with Crippen LogP contribution in [0.15, 0.2) is 36.4 Å². The summed E-state index contributed by atoms with van der Waals surface area (Å²) in [4.78, 5) is 23.4. The monoisotopic (exact) mass is 439 g/mol. The van der Waals surface area contributed by atoms with E-state index in [1.54, 1.807) is 0 Å². The van der Waals surface area contributed by atoms with E-state index in [0.29, 0.717) is 19.6 Å². The molecule has 1 amide bonds. The van der Waals surface area contributed by atoms with Crippen LogP contribution in [0.4, 0.5) is 24.5 Å². The normalized spacial score (nSPS) is 17.2. The van der Waals surface area contributed by atoms with Crippen LogP contribution in [0.5, 0.6) is 5.75 Å². The van der Waals surface area contributed by atoms with Crippen LogP contribution in [0.25, 0.3) is 0 Å². The number of nitro benzene ring substituents is 1. The predicted octanol–water partition coefficient (Wildman–Crippen LogP) is 3.85. The van der Waals surface area contributed by atoms with Gasteiger partial charge in [-0.3, -0.25) is 14.9 Å². The predicted molar refractivity (Wildman–Crippen MR) is 105 cm³/mol. The number of carbonyl (C=O) groups is 1. The van der Waals surface area contributed by atoms with Gasteiger partial charge in [-0.05, 0) is 42.8 Å². The SMILES string of the molecule is C[C@@H](NC(=O)c1cc(O[C@H]2CCOC2)ccc1[N+](=O)[O-])c1cc(N)cc(C(F)(F)F)c1. The molecule has 1 aliphatic heterocycles. The molecule has 1 heterocycles. The molecule has 0 spiro atoms. The number of hydrogen-bond donors (Lipinski definition) is 2. The Bertz CT molecular complexity index is 991. The van der Waals surface area contributed by atoms with Gasteiger partial charge < -0.3 is 20.5 Å². The molecule has 1 saturated heterocycles. The summed E-state index contributed by atoms with van der Waals surface area (Å²) in [6, 6.07) is 5.82. The Hall–Kier alpha value is -3.34. The number of amides is 1. The third kappa shape index (κ3) is 5.43. The topological polar surface area (TPSA) is 117 Å². The van der Waals surface area contributed by atoms with Gasteiger partial charge in [-0.2, -0.15) is 13.2 Å². The van der Waals surface area contributed by atoms with Crippen molar-refractivity contribution in [3.63, 3.8) is 0 Å². The molecule has 2 atom stereocenters. The lowest BCUT2D eigenvalue weighted by Gasteiger charge is -2.18. The first-order chi connectivity index (χ1) is 14.5. The molecule has 8 nitrogen and oxygen atoms in total. The lowest BCUT2D eigenvalue weighted by atomic mass is 10.0. The van der Waals surface area contributed by atoms with Gasteiger partial charge in [0.1, 0.15) is 17.4 Å². The van der Waals surface area contributed by atoms with Crippen molar-refractivity contribution < 1.29 is 32.4 Å². The van der Waals surface area contributed by atoms with Gasteiger partial charge in [-0.15, -0.1) is 0 Å². The number of rotatable bonds is 6. The van der Waals surface area contributed by atoms with Crippen LogP contribution in [0.2, 0.25) is 0 Å². The standard InChI is InChI=1S/C20H20F3N3O5/c1-11(12-6-13(20(21,22)23)8-14(24)7-12)25-19(27)17-9-15(2-3-18(17)26(28)29)31-16-4-5-30-10-16/h2-3,6-9,11,16H,4-5,10,24H2,1H3,(H,25,27)/t11-,16+/m1/s1. The number of halogens is 3. The molecule has 11 heteroatoms. The minimum absolute atomic E-state index is 0.110. The van der Waals surface area contributed by atoms with E-state index in [2.05, 4.69) is 5.32 Å². The van der Waals surface area contributed by atoms with Crippen LogP contribution in [0.1, 0.15) is 40.9 Å². The van der Waals surface area contributed by atoms with Crippen molar-refractivity contribution >= 4 is 17.3 Å². The zero-order chi connectivity index (χ0) is 22.8.